The van der Waals surface area contributed by atoms with E-state index in [1.165, 1.54) is 0 Å². The van der Waals surface area contributed by atoms with Gasteiger partial charge in [-0.15, -0.1) is 6.42 Å². The number of methoxy groups -OCH3 is 1. The topological polar surface area (TPSA) is 126 Å². The summed E-state index contributed by atoms with van der Waals surface area (Å²) in [4.78, 5) is 11.7. The number of hydrogen-bond donors (Lipinski definition) is 4. The van der Waals surface area contributed by atoms with Crippen molar-refractivity contribution in [1.82, 2.24) is 0 Å². The Bertz CT molecular complexity index is 951. The largest absolute Gasteiger partial charge is 0.467 e. The molecular weight excluding hydrogens is 404 g/mol. The minimum Gasteiger partial charge on any atom is -0.467 e. The summed E-state index contributed by atoms with van der Waals surface area (Å²) < 4.78 is 15.3. The van der Waals surface area contributed by atoms with Crippen LogP contribution in [0.4, 0.5) is 0 Å². The van der Waals surface area contributed by atoms with Crippen LogP contribution in [0.15, 0.2) is 48.5 Å². The lowest BCUT2D eigenvalue weighted by Gasteiger charge is -2.42. The number of rotatable bonds is 6. The molecule has 1 aliphatic heterocycles. The number of esters is 1. The van der Waals surface area contributed by atoms with Crippen LogP contribution >= 0.6 is 0 Å². The molecule has 5 atom stereocenters. The summed E-state index contributed by atoms with van der Waals surface area (Å²) in [5.41, 5.74) is 0.0360. The molecule has 164 valence electrons. The highest BCUT2D eigenvalue weighted by Gasteiger charge is 2.56. The minimum absolute atomic E-state index is 0.343. The van der Waals surface area contributed by atoms with Gasteiger partial charge in [0.1, 0.15) is 24.1 Å². The number of carbonyl (C=O) groups is 1. The van der Waals surface area contributed by atoms with Crippen molar-refractivity contribution in [3.63, 3.8) is 0 Å². The predicted octanol–water partition coefficient (Wildman–Crippen LogP) is -0.0194. The fraction of sp³-hybridized carbons (Fsp3) is 0.348. The highest BCUT2D eigenvalue weighted by atomic mass is 16.6. The van der Waals surface area contributed by atoms with Crippen molar-refractivity contribution in [3.05, 3.63) is 65.2 Å². The van der Waals surface area contributed by atoms with Crippen molar-refractivity contribution in [2.45, 2.75) is 36.6 Å². The molecule has 1 unspecified atom stereocenters. The first-order chi connectivity index (χ1) is 14.8. The summed E-state index contributed by atoms with van der Waals surface area (Å²) in [6.45, 7) is -0.688. The van der Waals surface area contributed by atoms with Crippen molar-refractivity contribution in [3.8, 4) is 18.1 Å². The molecule has 0 bridgehead atoms. The molecule has 0 aliphatic carbocycles. The van der Waals surface area contributed by atoms with Crippen LogP contribution in [0.1, 0.15) is 16.7 Å². The lowest BCUT2D eigenvalue weighted by molar-refractivity contribution is -0.271. The van der Waals surface area contributed by atoms with Gasteiger partial charge < -0.3 is 34.6 Å². The molecule has 1 saturated heterocycles. The number of carbonyl (C=O) groups excluding carboxylic acids is 1. The zero-order valence-electron chi connectivity index (χ0n) is 16.8. The number of benzene rings is 2. The Morgan fingerprint density at radius 2 is 1.94 bits per heavy atom. The predicted molar refractivity (Wildman–Crippen MR) is 109 cm³/mol. The summed E-state index contributed by atoms with van der Waals surface area (Å²) in [5.74, 6) is 1.74. The second-order valence-electron chi connectivity index (χ2n) is 7.26. The van der Waals surface area contributed by atoms with Gasteiger partial charge in [-0.3, -0.25) is 0 Å². The standard InChI is InChI=1S/C23H24O8/c1-3-14-8-10-15(11-9-14)12-16-6-4-5-7-17(16)31-21(26)19-18(24)20(25)23(28,13-30-19)22(27)29-2/h1,4-11,18-21,24-26,28H,12-13H2,2H3/t18-,19+,20+,21?,23+/m1/s1. The van der Waals surface area contributed by atoms with E-state index in [9.17, 15) is 25.2 Å². The Balaban J connectivity index is 1.73. The van der Waals surface area contributed by atoms with Crippen LogP contribution in [0, 0.1) is 12.3 Å². The first-order valence-electron chi connectivity index (χ1n) is 9.57. The molecule has 0 saturated carbocycles. The van der Waals surface area contributed by atoms with Gasteiger partial charge in [-0.1, -0.05) is 36.3 Å². The van der Waals surface area contributed by atoms with E-state index in [0.717, 1.165) is 23.8 Å². The van der Waals surface area contributed by atoms with Crippen LogP contribution in [-0.2, 0) is 20.7 Å². The molecule has 3 rings (SSSR count). The Labute approximate surface area is 179 Å². The molecule has 0 radical (unpaired) electrons. The third-order valence-electron chi connectivity index (χ3n) is 5.20. The van der Waals surface area contributed by atoms with Crippen LogP contribution in [-0.4, -0.2) is 70.3 Å². The van der Waals surface area contributed by atoms with E-state index in [1.807, 2.05) is 36.4 Å². The summed E-state index contributed by atoms with van der Waals surface area (Å²) in [7, 11) is 1.03. The number of hydrogen-bond acceptors (Lipinski definition) is 8. The first kappa shape index (κ1) is 22.7. The Morgan fingerprint density at radius 1 is 1.26 bits per heavy atom. The van der Waals surface area contributed by atoms with E-state index in [0.29, 0.717) is 12.2 Å². The molecule has 4 N–H and O–H groups in total. The van der Waals surface area contributed by atoms with E-state index >= 15 is 0 Å². The van der Waals surface area contributed by atoms with Gasteiger partial charge in [0.25, 0.3) is 0 Å². The third kappa shape index (κ3) is 4.71. The Hall–Kier alpha value is -2.93. The van der Waals surface area contributed by atoms with Crippen LogP contribution in [0.3, 0.4) is 0 Å². The van der Waals surface area contributed by atoms with Crippen molar-refractivity contribution >= 4 is 5.97 Å². The first-order valence-corrected chi connectivity index (χ1v) is 9.57. The average molecular weight is 428 g/mol. The Morgan fingerprint density at radius 3 is 2.58 bits per heavy atom. The Kier molecular flexibility index (Phi) is 6.95. The van der Waals surface area contributed by atoms with Crippen LogP contribution < -0.4 is 4.74 Å². The molecule has 1 heterocycles. The lowest BCUT2D eigenvalue weighted by Crippen LogP contribution is -2.67. The zero-order valence-corrected chi connectivity index (χ0v) is 16.8. The second kappa shape index (κ2) is 9.47. The quantitative estimate of drug-likeness (QED) is 0.287. The number of aliphatic hydroxyl groups excluding tert-OH is 3. The van der Waals surface area contributed by atoms with Gasteiger partial charge in [0, 0.05) is 12.0 Å². The maximum atomic E-state index is 11.7. The summed E-state index contributed by atoms with van der Waals surface area (Å²) in [6.07, 6.45) is -0.981. The van der Waals surface area contributed by atoms with E-state index in [4.69, 9.17) is 15.9 Å². The number of para-hydroxylation sites is 1. The smallest absolute Gasteiger partial charge is 0.343 e. The fourth-order valence-corrected chi connectivity index (χ4v) is 3.38. The lowest BCUT2D eigenvalue weighted by atomic mass is 9.87. The molecule has 8 nitrogen and oxygen atoms in total. The molecule has 0 aromatic heterocycles. The van der Waals surface area contributed by atoms with Gasteiger partial charge in [0.2, 0.25) is 11.9 Å². The molecule has 0 amide bonds. The molecular formula is C23H24O8. The van der Waals surface area contributed by atoms with Gasteiger partial charge in [0.05, 0.1) is 13.7 Å². The number of aliphatic hydroxyl groups is 4. The van der Waals surface area contributed by atoms with E-state index < -0.39 is 42.8 Å². The SMILES string of the molecule is C#Cc1ccc(Cc2ccccc2OC(O)[C@H]2OC[C@@](O)(C(=O)OC)[C@@H](O)[C@@H]2O)cc1. The maximum Gasteiger partial charge on any atom is 0.343 e. The number of terminal acetylenes is 1. The maximum absolute atomic E-state index is 11.7. The van der Waals surface area contributed by atoms with Crippen molar-refractivity contribution in [2.75, 3.05) is 13.7 Å². The highest BCUT2D eigenvalue weighted by molar-refractivity contribution is 5.80. The molecule has 2 aromatic carbocycles. The zero-order chi connectivity index (χ0) is 22.6. The molecule has 0 spiro atoms. The number of ether oxygens (including phenoxy) is 3. The fourth-order valence-electron chi connectivity index (χ4n) is 3.38. The van der Waals surface area contributed by atoms with Gasteiger partial charge in [-0.05, 0) is 29.3 Å². The van der Waals surface area contributed by atoms with Crippen molar-refractivity contribution in [1.29, 1.82) is 0 Å². The highest BCUT2D eigenvalue weighted by Crippen LogP contribution is 2.29. The van der Waals surface area contributed by atoms with E-state index in [2.05, 4.69) is 10.7 Å². The monoisotopic (exact) mass is 428 g/mol. The van der Waals surface area contributed by atoms with E-state index in [-0.39, 0.29) is 0 Å². The average Bonchev–Trinajstić information content (AvgIpc) is 2.78. The molecule has 1 aliphatic rings. The normalized spacial score (nSPS) is 26.5. The van der Waals surface area contributed by atoms with Gasteiger partial charge in [-0.2, -0.15) is 0 Å². The van der Waals surface area contributed by atoms with Crippen molar-refractivity contribution in [2.24, 2.45) is 0 Å². The summed E-state index contributed by atoms with van der Waals surface area (Å²) >= 11 is 0. The molecule has 31 heavy (non-hydrogen) atoms. The van der Waals surface area contributed by atoms with Gasteiger partial charge >= 0.3 is 5.97 Å². The van der Waals surface area contributed by atoms with Crippen LogP contribution in [0.5, 0.6) is 5.75 Å². The second-order valence-corrected chi connectivity index (χ2v) is 7.26. The summed E-state index contributed by atoms with van der Waals surface area (Å²) in [5, 5.41) is 41.3. The van der Waals surface area contributed by atoms with Crippen molar-refractivity contribution < 1.29 is 39.4 Å². The van der Waals surface area contributed by atoms with Gasteiger partial charge in [-0.25, -0.2) is 4.79 Å². The van der Waals surface area contributed by atoms with Crippen LogP contribution in [0.2, 0.25) is 0 Å². The molecule has 8 heteroatoms. The molecule has 2 aromatic rings. The van der Waals surface area contributed by atoms with E-state index in [1.54, 1.807) is 12.1 Å². The molecule has 1 fully saturated rings. The summed E-state index contributed by atoms with van der Waals surface area (Å²) in [6, 6.07) is 14.4. The van der Waals surface area contributed by atoms with Crippen LogP contribution in [0.25, 0.3) is 0 Å². The minimum atomic E-state index is -2.45. The van der Waals surface area contributed by atoms with Gasteiger partial charge in [0.15, 0.2) is 0 Å². The third-order valence-corrected chi connectivity index (χ3v) is 5.20.